The van der Waals surface area contributed by atoms with Gasteiger partial charge in [-0.2, -0.15) is 13.2 Å². The van der Waals surface area contributed by atoms with Crippen molar-refractivity contribution in [2.24, 2.45) is 0 Å². The predicted molar refractivity (Wildman–Crippen MR) is 86.2 cm³/mol. The van der Waals surface area contributed by atoms with Crippen LogP contribution in [0.1, 0.15) is 31.7 Å². The standard InChI is InChI=1S/C17H20F3N3O2/c1-2-22-15(25)23(13-6-4-12(5-7-13)17(18,19)20)14(24)16(22)8-3-10-21-11-9-16/h4-7,21H,2-3,8-11H2,1H3/t16-/m0/s1. The van der Waals surface area contributed by atoms with Crippen LogP contribution in [0.2, 0.25) is 0 Å². The van der Waals surface area contributed by atoms with Crippen LogP contribution < -0.4 is 10.2 Å². The van der Waals surface area contributed by atoms with E-state index >= 15 is 0 Å². The number of amides is 3. The van der Waals surface area contributed by atoms with Gasteiger partial charge in [0.1, 0.15) is 5.54 Å². The van der Waals surface area contributed by atoms with Crippen LogP contribution in [0.15, 0.2) is 24.3 Å². The highest BCUT2D eigenvalue weighted by atomic mass is 19.4. The normalized spacial score (nSPS) is 25.0. The van der Waals surface area contributed by atoms with Crippen LogP contribution in [0.4, 0.5) is 23.7 Å². The van der Waals surface area contributed by atoms with Crippen LogP contribution in [0.3, 0.4) is 0 Å². The minimum absolute atomic E-state index is 0.176. The monoisotopic (exact) mass is 355 g/mol. The van der Waals surface area contributed by atoms with Gasteiger partial charge in [0.2, 0.25) is 0 Å². The Morgan fingerprint density at radius 2 is 1.80 bits per heavy atom. The van der Waals surface area contributed by atoms with Crippen LogP contribution in [-0.2, 0) is 11.0 Å². The highest BCUT2D eigenvalue weighted by Gasteiger charge is 2.56. The number of likely N-dealkylation sites (N-methyl/N-ethyl adjacent to an activating group) is 1. The van der Waals surface area contributed by atoms with E-state index in [0.29, 0.717) is 25.9 Å². The minimum atomic E-state index is -4.46. The summed E-state index contributed by atoms with van der Waals surface area (Å²) in [7, 11) is 0. The summed E-state index contributed by atoms with van der Waals surface area (Å²) < 4.78 is 38.2. The average molecular weight is 355 g/mol. The molecule has 5 nitrogen and oxygen atoms in total. The maximum atomic E-state index is 13.1. The second kappa shape index (κ2) is 6.33. The first-order valence-electron chi connectivity index (χ1n) is 8.35. The molecule has 2 fully saturated rings. The molecule has 3 amide bonds. The molecular formula is C17H20F3N3O2. The molecule has 0 saturated carbocycles. The van der Waals surface area contributed by atoms with Crippen LogP contribution in [0, 0.1) is 0 Å². The lowest BCUT2D eigenvalue weighted by Crippen LogP contribution is -2.50. The number of nitrogens with zero attached hydrogens (tertiary/aromatic N) is 2. The molecular weight excluding hydrogens is 335 g/mol. The number of anilines is 1. The molecule has 1 aromatic rings. The van der Waals surface area contributed by atoms with Gasteiger partial charge in [0.15, 0.2) is 0 Å². The van der Waals surface area contributed by atoms with Crippen molar-refractivity contribution in [1.82, 2.24) is 10.2 Å². The number of hydrogen-bond acceptors (Lipinski definition) is 3. The third-order valence-electron chi connectivity index (χ3n) is 4.97. The van der Waals surface area contributed by atoms with Crippen molar-refractivity contribution in [3.63, 3.8) is 0 Å². The van der Waals surface area contributed by atoms with Crippen molar-refractivity contribution < 1.29 is 22.8 Å². The van der Waals surface area contributed by atoms with Crippen molar-refractivity contribution in [1.29, 1.82) is 0 Å². The van der Waals surface area contributed by atoms with Crippen LogP contribution >= 0.6 is 0 Å². The zero-order chi connectivity index (χ0) is 18.2. The van der Waals surface area contributed by atoms with Gasteiger partial charge in [0.05, 0.1) is 11.3 Å². The predicted octanol–water partition coefficient (Wildman–Crippen LogP) is 3.01. The number of urea groups is 1. The van der Waals surface area contributed by atoms with Crippen molar-refractivity contribution in [2.45, 2.75) is 37.9 Å². The van der Waals surface area contributed by atoms with E-state index in [-0.39, 0.29) is 11.6 Å². The summed E-state index contributed by atoms with van der Waals surface area (Å²) in [5, 5.41) is 3.22. The average Bonchev–Trinajstić information content (AvgIpc) is 2.74. The van der Waals surface area contributed by atoms with E-state index in [2.05, 4.69) is 5.32 Å². The molecule has 1 spiro atoms. The summed E-state index contributed by atoms with van der Waals surface area (Å²) in [6.45, 7) is 3.58. The van der Waals surface area contributed by atoms with Gasteiger partial charge in [-0.05, 0) is 63.5 Å². The number of rotatable bonds is 2. The molecule has 8 heteroatoms. The van der Waals surface area contributed by atoms with Crippen molar-refractivity contribution in [3.05, 3.63) is 29.8 Å². The zero-order valence-electron chi connectivity index (χ0n) is 13.9. The molecule has 3 rings (SSSR count). The Morgan fingerprint density at radius 1 is 1.12 bits per heavy atom. The maximum absolute atomic E-state index is 13.1. The second-order valence-corrected chi connectivity index (χ2v) is 6.35. The number of carbonyl (C=O) groups is 2. The molecule has 0 unspecified atom stereocenters. The molecule has 0 aliphatic carbocycles. The van der Waals surface area contributed by atoms with Gasteiger partial charge >= 0.3 is 12.2 Å². The SMILES string of the molecule is CCN1C(=O)N(c2ccc(C(F)(F)F)cc2)C(=O)[C@@]12CCCNCC2. The summed E-state index contributed by atoms with van der Waals surface area (Å²) in [5.74, 6) is -0.345. The van der Waals surface area contributed by atoms with E-state index < -0.39 is 23.3 Å². The van der Waals surface area contributed by atoms with Gasteiger partial charge < -0.3 is 10.2 Å². The van der Waals surface area contributed by atoms with Gasteiger partial charge in [-0.25, -0.2) is 9.69 Å². The van der Waals surface area contributed by atoms with Gasteiger partial charge in [-0.3, -0.25) is 4.79 Å². The number of benzene rings is 1. The van der Waals surface area contributed by atoms with Crippen LogP contribution in [0.25, 0.3) is 0 Å². The molecule has 0 bridgehead atoms. The van der Waals surface area contributed by atoms with Crippen molar-refractivity contribution in [3.8, 4) is 0 Å². The minimum Gasteiger partial charge on any atom is -0.317 e. The Balaban J connectivity index is 1.97. The summed E-state index contributed by atoms with van der Waals surface area (Å²) >= 11 is 0. The van der Waals surface area contributed by atoms with E-state index in [1.54, 1.807) is 4.90 Å². The summed E-state index contributed by atoms with van der Waals surface area (Å²) in [6, 6.07) is 3.69. The van der Waals surface area contributed by atoms with Crippen LogP contribution in [-0.4, -0.2) is 42.0 Å². The lowest BCUT2D eigenvalue weighted by atomic mass is 9.88. The molecule has 0 aromatic heterocycles. The molecule has 2 heterocycles. The molecule has 2 aliphatic rings. The van der Waals surface area contributed by atoms with E-state index in [1.807, 2.05) is 6.92 Å². The molecule has 1 atom stereocenters. The fraction of sp³-hybridized carbons (Fsp3) is 0.529. The number of nitrogens with one attached hydrogen (secondary N) is 1. The smallest absolute Gasteiger partial charge is 0.317 e. The summed E-state index contributed by atoms with van der Waals surface area (Å²) in [6.07, 6.45) is -2.64. The summed E-state index contributed by atoms with van der Waals surface area (Å²) in [4.78, 5) is 28.5. The number of alkyl halides is 3. The Labute approximate surface area is 143 Å². The number of imide groups is 1. The molecule has 1 aromatic carbocycles. The first-order valence-corrected chi connectivity index (χ1v) is 8.35. The largest absolute Gasteiger partial charge is 0.416 e. The molecule has 2 aliphatic heterocycles. The second-order valence-electron chi connectivity index (χ2n) is 6.35. The number of carbonyl (C=O) groups excluding carboxylic acids is 2. The Morgan fingerprint density at radius 3 is 2.40 bits per heavy atom. The first-order chi connectivity index (χ1) is 11.8. The number of hydrogen-bond donors (Lipinski definition) is 1. The third-order valence-corrected chi connectivity index (χ3v) is 4.97. The highest BCUT2D eigenvalue weighted by Crippen LogP contribution is 2.39. The van der Waals surface area contributed by atoms with Crippen molar-refractivity contribution >= 4 is 17.6 Å². The Hall–Kier alpha value is -2.09. The Bertz CT molecular complexity index is 665. The molecule has 0 radical (unpaired) electrons. The topological polar surface area (TPSA) is 52.7 Å². The first kappa shape index (κ1) is 17.7. The lowest BCUT2D eigenvalue weighted by Gasteiger charge is -2.33. The summed E-state index contributed by atoms with van der Waals surface area (Å²) in [5.41, 5.74) is -1.54. The van der Waals surface area contributed by atoms with Gasteiger partial charge in [-0.15, -0.1) is 0 Å². The highest BCUT2D eigenvalue weighted by molar-refractivity contribution is 6.23. The van der Waals surface area contributed by atoms with Crippen LogP contribution in [0.5, 0.6) is 0 Å². The molecule has 2 saturated heterocycles. The molecule has 25 heavy (non-hydrogen) atoms. The fourth-order valence-corrected chi connectivity index (χ4v) is 3.71. The quantitative estimate of drug-likeness (QED) is 0.830. The maximum Gasteiger partial charge on any atom is 0.416 e. The third kappa shape index (κ3) is 2.88. The van der Waals surface area contributed by atoms with Crippen molar-refractivity contribution in [2.75, 3.05) is 24.5 Å². The van der Waals surface area contributed by atoms with E-state index in [9.17, 15) is 22.8 Å². The molecule has 1 N–H and O–H groups in total. The fourth-order valence-electron chi connectivity index (χ4n) is 3.71. The van der Waals surface area contributed by atoms with E-state index in [1.165, 1.54) is 12.1 Å². The van der Waals surface area contributed by atoms with E-state index in [4.69, 9.17) is 0 Å². The van der Waals surface area contributed by atoms with Gasteiger partial charge in [-0.1, -0.05) is 0 Å². The van der Waals surface area contributed by atoms with Gasteiger partial charge in [0.25, 0.3) is 5.91 Å². The molecule has 136 valence electrons. The number of halogens is 3. The van der Waals surface area contributed by atoms with E-state index in [0.717, 1.165) is 30.0 Å². The lowest BCUT2D eigenvalue weighted by molar-refractivity contribution is -0.137. The zero-order valence-corrected chi connectivity index (χ0v) is 13.9. The van der Waals surface area contributed by atoms with Gasteiger partial charge in [0, 0.05) is 6.54 Å². The Kier molecular flexibility index (Phi) is 4.49.